The van der Waals surface area contributed by atoms with Gasteiger partial charge in [-0.1, -0.05) is 67.4 Å². The first-order chi connectivity index (χ1) is 13.7. The standard InChI is InChI=1S/C23H22Cl2O4/c1-14-6-4-5-7-16(14)21-19(26)11-23(2,3)12-20(21)29-22(27)28-13-15-8-9-17(24)18(25)10-15/h4-10H,11-13H2,1-3H3. The number of carbonyl (C=O) groups is 2. The Balaban J connectivity index is 1.83. The fraction of sp³-hybridized carbons (Fsp3) is 0.304. The first-order valence-electron chi connectivity index (χ1n) is 9.27. The first-order valence-corrected chi connectivity index (χ1v) is 10.0. The Hall–Kier alpha value is -2.30. The number of benzene rings is 2. The van der Waals surface area contributed by atoms with Crippen LogP contribution in [-0.2, 0) is 20.9 Å². The maximum absolute atomic E-state index is 12.9. The Bertz CT molecular complexity index is 992. The predicted octanol–water partition coefficient (Wildman–Crippen LogP) is 6.76. The van der Waals surface area contributed by atoms with Gasteiger partial charge < -0.3 is 9.47 Å². The summed E-state index contributed by atoms with van der Waals surface area (Å²) in [5.41, 5.74) is 2.56. The minimum atomic E-state index is -0.859. The van der Waals surface area contributed by atoms with Crippen LogP contribution in [0.25, 0.3) is 5.57 Å². The van der Waals surface area contributed by atoms with E-state index in [1.54, 1.807) is 18.2 Å². The zero-order chi connectivity index (χ0) is 21.2. The zero-order valence-electron chi connectivity index (χ0n) is 16.6. The third kappa shape index (κ3) is 5.20. The number of halogens is 2. The van der Waals surface area contributed by atoms with Gasteiger partial charge in [0.15, 0.2) is 5.78 Å². The average Bonchev–Trinajstić information content (AvgIpc) is 2.63. The van der Waals surface area contributed by atoms with Crippen molar-refractivity contribution in [1.82, 2.24) is 0 Å². The molecule has 0 bridgehead atoms. The van der Waals surface area contributed by atoms with E-state index in [9.17, 15) is 9.59 Å². The van der Waals surface area contributed by atoms with Crippen molar-refractivity contribution in [2.45, 2.75) is 40.2 Å². The number of hydrogen-bond donors (Lipinski definition) is 0. The minimum absolute atomic E-state index is 0.0138. The molecule has 0 aromatic heterocycles. The van der Waals surface area contributed by atoms with Gasteiger partial charge in [-0.15, -0.1) is 0 Å². The molecule has 6 heteroatoms. The molecule has 0 N–H and O–H groups in total. The van der Waals surface area contributed by atoms with Gasteiger partial charge in [0.2, 0.25) is 0 Å². The van der Waals surface area contributed by atoms with Gasteiger partial charge in [0, 0.05) is 12.8 Å². The molecule has 0 amide bonds. The highest BCUT2D eigenvalue weighted by molar-refractivity contribution is 6.42. The summed E-state index contributed by atoms with van der Waals surface area (Å²) in [5, 5.41) is 0.805. The molecule has 2 aromatic rings. The van der Waals surface area contributed by atoms with Gasteiger partial charge in [0.05, 0.1) is 15.6 Å². The summed E-state index contributed by atoms with van der Waals surface area (Å²) >= 11 is 11.9. The predicted molar refractivity (Wildman–Crippen MR) is 114 cm³/mol. The maximum atomic E-state index is 12.9. The van der Waals surface area contributed by atoms with Crippen molar-refractivity contribution < 1.29 is 19.1 Å². The summed E-state index contributed by atoms with van der Waals surface area (Å²) in [4.78, 5) is 25.3. The summed E-state index contributed by atoms with van der Waals surface area (Å²) in [6.45, 7) is 5.86. The Morgan fingerprint density at radius 1 is 1.07 bits per heavy atom. The van der Waals surface area contributed by atoms with Crippen LogP contribution in [0.2, 0.25) is 10.0 Å². The van der Waals surface area contributed by atoms with Crippen LogP contribution in [-0.4, -0.2) is 11.9 Å². The summed E-state index contributed by atoms with van der Waals surface area (Å²) in [6.07, 6.45) is -0.00535. The van der Waals surface area contributed by atoms with Crippen molar-refractivity contribution in [3.05, 3.63) is 75.0 Å². The molecule has 0 fully saturated rings. The van der Waals surface area contributed by atoms with Crippen LogP contribution < -0.4 is 0 Å². The second kappa shape index (κ2) is 8.60. The van der Waals surface area contributed by atoms with Crippen molar-refractivity contribution in [2.75, 3.05) is 0 Å². The molecule has 3 rings (SSSR count). The van der Waals surface area contributed by atoms with Gasteiger partial charge >= 0.3 is 6.16 Å². The van der Waals surface area contributed by atoms with Crippen LogP contribution in [0.1, 0.15) is 43.4 Å². The van der Waals surface area contributed by atoms with E-state index in [-0.39, 0.29) is 17.8 Å². The Kier molecular flexibility index (Phi) is 6.35. The lowest BCUT2D eigenvalue weighted by Crippen LogP contribution is -2.27. The zero-order valence-corrected chi connectivity index (χ0v) is 18.1. The van der Waals surface area contributed by atoms with E-state index in [4.69, 9.17) is 32.7 Å². The van der Waals surface area contributed by atoms with Crippen molar-refractivity contribution >= 4 is 40.7 Å². The Labute approximate surface area is 180 Å². The summed E-state index contributed by atoms with van der Waals surface area (Å²) in [6, 6.07) is 12.5. The number of ketones is 1. The summed E-state index contributed by atoms with van der Waals surface area (Å²) in [5.74, 6) is 0.308. The molecular formula is C23H22Cl2O4. The largest absolute Gasteiger partial charge is 0.513 e. The fourth-order valence-electron chi connectivity index (χ4n) is 3.41. The van der Waals surface area contributed by atoms with E-state index in [2.05, 4.69) is 0 Å². The van der Waals surface area contributed by atoms with Gasteiger partial charge in [-0.05, 0) is 41.2 Å². The molecule has 0 heterocycles. The molecule has 0 saturated carbocycles. The van der Waals surface area contributed by atoms with Gasteiger partial charge in [-0.25, -0.2) is 4.79 Å². The first kappa shape index (κ1) is 21.4. The third-order valence-corrected chi connectivity index (χ3v) is 5.54. The number of allylic oxidation sites excluding steroid dienone is 2. The van der Waals surface area contributed by atoms with E-state index in [0.29, 0.717) is 39.8 Å². The van der Waals surface area contributed by atoms with E-state index in [1.165, 1.54) is 0 Å². The number of hydrogen-bond acceptors (Lipinski definition) is 4. The molecule has 0 saturated heterocycles. The van der Waals surface area contributed by atoms with Crippen molar-refractivity contribution in [3.8, 4) is 0 Å². The van der Waals surface area contributed by atoms with Gasteiger partial charge in [-0.2, -0.15) is 0 Å². The Morgan fingerprint density at radius 3 is 2.48 bits per heavy atom. The van der Waals surface area contributed by atoms with Crippen molar-refractivity contribution in [3.63, 3.8) is 0 Å². The quantitative estimate of drug-likeness (QED) is 0.500. The molecule has 0 radical (unpaired) electrons. The van der Waals surface area contributed by atoms with E-state index < -0.39 is 6.16 Å². The number of aryl methyl sites for hydroxylation is 1. The molecule has 2 aromatic carbocycles. The SMILES string of the molecule is Cc1ccccc1C1=C(OC(=O)OCc2ccc(Cl)c(Cl)c2)CC(C)(C)CC1=O. The van der Waals surface area contributed by atoms with Crippen LogP contribution in [0.4, 0.5) is 4.79 Å². The van der Waals surface area contributed by atoms with Gasteiger partial charge in [-0.3, -0.25) is 4.79 Å². The molecule has 0 aliphatic heterocycles. The fourth-order valence-corrected chi connectivity index (χ4v) is 3.73. The van der Waals surface area contributed by atoms with E-state index in [1.807, 2.05) is 45.0 Å². The lowest BCUT2D eigenvalue weighted by Gasteiger charge is -2.31. The van der Waals surface area contributed by atoms with Crippen LogP contribution in [0, 0.1) is 12.3 Å². The van der Waals surface area contributed by atoms with Crippen molar-refractivity contribution in [2.24, 2.45) is 5.41 Å². The van der Waals surface area contributed by atoms with Gasteiger partial charge in [0.25, 0.3) is 0 Å². The van der Waals surface area contributed by atoms with Crippen molar-refractivity contribution in [1.29, 1.82) is 0 Å². The molecule has 29 heavy (non-hydrogen) atoms. The number of ether oxygens (including phenoxy) is 2. The molecular weight excluding hydrogens is 411 g/mol. The van der Waals surface area contributed by atoms with Crippen LogP contribution in [0.3, 0.4) is 0 Å². The second-order valence-electron chi connectivity index (χ2n) is 7.94. The van der Waals surface area contributed by atoms with E-state index in [0.717, 1.165) is 11.1 Å². The highest BCUT2D eigenvalue weighted by Gasteiger charge is 2.36. The van der Waals surface area contributed by atoms with E-state index >= 15 is 0 Å². The molecule has 0 spiro atoms. The van der Waals surface area contributed by atoms with Crippen LogP contribution >= 0.6 is 23.2 Å². The lowest BCUT2D eigenvalue weighted by molar-refractivity contribution is -0.116. The number of rotatable bonds is 4. The summed E-state index contributed by atoms with van der Waals surface area (Å²) < 4.78 is 10.8. The lowest BCUT2D eigenvalue weighted by atomic mass is 9.74. The number of carbonyl (C=O) groups excluding carboxylic acids is 2. The maximum Gasteiger partial charge on any atom is 0.513 e. The molecule has 0 unspecified atom stereocenters. The van der Waals surface area contributed by atoms with Crippen LogP contribution in [0.5, 0.6) is 0 Å². The normalized spacial score (nSPS) is 16.0. The highest BCUT2D eigenvalue weighted by Crippen LogP contribution is 2.41. The molecule has 1 aliphatic rings. The molecule has 0 atom stereocenters. The minimum Gasteiger partial charge on any atom is -0.429 e. The second-order valence-corrected chi connectivity index (χ2v) is 8.76. The monoisotopic (exact) mass is 432 g/mol. The molecule has 4 nitrogen and oxygen atoms in total. The number of Topliss-reactive ketones (excluding diaryl/α,β-unsaturated/α-hetero) is 1. The average molecular weight is 433 g/mol. The topological polar surface area (TPSA) is 52.6 Å². The highest BCUT2D eigenvalue weighted by atomic mass is 35.5. The molecule has 152 valence electrons. The van der Waals surface area contributed by atoms with Gasteiger partial charge in [0.1, 0.15) is 12.4 Å². The smallest absolute Gasteiger partial charge is 0.429 e. The third-order valence-electron chi connectivity index (χ3n) is 4.80. The van der Waals surface area contributed by atoms with Crippen LogP contribution in [0.15, 0.2) is 48.2 Å². The molecule has 1 aliphatic carbocycles. The summed E-state index contributed by atoms with van der Waals surface area (Å²) in [7, 11) is 0. The Morgan fingerprint density at radius 2 is 1.79 bits per heavy atom.